The maximum Gasteiger partial charge on any atom is 0.306 e. The fraction of sp³-hybridized carbons (Fsp3) is 0.750. The first-order chi connectivity index (χ1) is 40.5. The third-order valence-electron chi connectivity index (χ3n) is 15.3. The van der Waals surface area contributed by atoms with Gasteiger partial charge in [0.05, 0.1) is 0 Å². The second-order valence-electron chi connectivity index (χ2n) is 23.4. The zero-order valence-corrected chi connectivity index (χ0v) is 54.2. The Bertz CT molecular complexity index is 1590. The minimum atomic E-state index is -0.788. The Hall–Kier alpha value is -3.67. The van der Waals surface area contributed by atoms with Crippen LogP contribution in [-0.2, 0) is 28.6 Å². The molecular weight excluding hydrogens is 1010 g/mol. The smallest absolute Gasteiger partial charge is 0.306 e. The molecule has 0 aromatic carbocycles. The number of esters is 3. The lowest BCUT2D eigenvalue weighted by Crippen LogP contribution is -2.30. The number of carbonyl (C=O) groups is 3. The number of unbranched alkanes of at least 4 members (excludes halogenated alkanes) is 37. The molecule has 0 saturated carbocycles. The van der Waals surface area contributed by atoms with Gasteiger partial charge in [-0.1, -0.05) is 323 Å². The molecule has 0 radical (unpaired) electrons. The van der Waals surface area contributed by atoms with Crippen LogP contribution in [0.25, 0.3) is 0 Å². The molecule has 0 aliphatic rings. The number of rotatable bonds is 64. The van der Waals surface area contributed by atoms with Crippen molar-refractivity contribution in [1.29, 1.82) is 0 Å². The van der Waals surface area contributed by atoms with Crippen molar-refractivity contribution in [2.24, 2.45) is 0 Å². The summed E-state index contributed by atoms with van der Waals surface area (Å²) in [5.74, 6) is -0.887. The van der Waals surface area contributed by atoms with Crippen LogP contribution in [0.4, 0.5) is 0 Å². The van der Waals surface area contributed by atoms with Crippen LogP contribution in [0.1, 0.15) is 348 Å². The van der Waals surface area contributed by atoms with Gasteiger partial charge in [-0.15, -0.1) is 0 Å². The van der Waals surface area contributed by atoms with Crippen LogP contribution in [0.3, 0.4) is 0 Å². The van der Waals surface area contributed by atoms with Crippen LogP contribution in [0, 0.1) is 0 Å². The second kappa shape index (κ2) is 69.8. The average molecular weight is 1140 g/mol. The zero-order chi connectivity index (χ0) is 59.2. The average Bonchev–Trinajstić information content (AvgIpc) is 3.47. The first-order valence-electron chi connectivity index (χ1n) is 35.2. The standard InChI is InChI=1S/C76H132O6/c1-4-7-10-13-16-19-22-25-28-31-33-35-36-37-38-39-40-42-43-45-48-51-54-57-60-63-66-69-75(78)81-72-73(71-80-74(77)68-65-62-59-56-53-50-47-30-27-24-21-18-15-12-9-6-3)82-76(79)70-67-64-61-58-55-52-49-46-44-41-34-32-29-26-23-20-17-14-11-8-5-2/h7,10,16,19,21,24-25,28,30,33,35,37-38,40,42,47,73H,4-6,8-9,11-15,17-18,20,22-23,26-27,29,31-32,34,36,39,41,43-46,48-72H2,1-3H3/b10-7-,19-16-,24-21-,28-25-,35-33-,38-37-,42-40-,47-30-. The van der Waals surface area contributed by atoms with Gasteiger partial charge in [0.1, 0.15) is 13.2 Å². The molecule has 1 atom stereocenters. The first-order valence-corrected chi connectivity index (χ1v) is 35.2. The van der Waals surface area contributed by atoms with E-state index in [4.69, 9.17) is 14.2 Å². The van der Waals surface area contributed by atoms with E-state index in [0.717, 1.165) is 122 Å². The van der Waals surface area contributed by atoms with Crippen molar-refractivity contribution in [3.05, 3.63) is 97.2 Å². The fourth-order valence-electron chi connectivity index (χ4n) is 10.1. The maximum atomic E-state index is 13.0. The van der Waals surface area contributed by atoms with Crippen molar-refractivity contribution < 1.29 is 28.6 Å². The quantitative estimate of drug-likeness (QED) is 0.0261. The highest BCUT2D eigenvalue weighted by molar-refractivity contribution is 5.71. The van der Waals surface area contributed by atoms with Gasteiger partial charge in [-0.3, -0.25) is 14.4 Å². The Kier molecular flexibility index (Phi) is 66.7. The predicted octanol–water partition coefficient (Wildman–Crippen LogP) is 24.4. The summed E-state index contributed by atoms with van der Waals surface area (Å²) in [5, 5.41) is 0. The summed E-state index contributed by atoms with van der Waals surface area (Å²) in [4.78, 5) is 38.5. The maximum absolute atomic E-state index is 13.0. The van der Waals surface area contributed by atoms with Crippen molar-refractivity contribution in [3.8, 4) is 0 Å². The van der Waals surface area contributed by atoms with E-state index in [2.05, 4.69) is 118 Å². The van der Waals surface area contributed by atoms with Crippen LogP contribution in [0.2, 0.25) is 0 Å². The number of carbonyl (C=O) groups excluding carboxylic acids is 3. The molecular formula is C76H132O6. The Morgan fingerprint density at radius 1 is 0.256 bits per heavy atom. The van der Waals surface area contributed by atoms with Gasteiger partial charge >= 0.3 is 17.9 Å². The molecule has 0 aromatic heterocycles. The van der Waals surface area contributed by atoms with Gasteiger partial charge in [-0.05, 0) is 103 Å². The van der Waals surface area contributed by atoms with Gasteiger partial charge < -0.3 is 14.2 Å². The van der Waals surface area contributed by atoms with Gasteiger partial charge in [0.2, 0.25) is 0 Å². The van der Waals surface area contributed by atoms with Crippen LogP contribution in [0.5, 0.6) is 0 Å². The topological polar surface area (TPSA) is 78.9 Å². The molecule has 0 aliphatic heterocycles. The number of hydrogen-bond acceptors (Lipinski definition) is 6. The third-order valence-corrected chi connectivity index (χ3v) is 15.3. The van der Waals surface area contributed by atoms with E-state index in [9.17, 15) is 14.4 Å². The highest BCUT2D eigenvalue weighted by atomic mass is 16.6. The summed E-state index contributed by atoms with van der Waals surface area (Å²) >= 11 is 0. The molecule has 0 aromatic rings. The SMILES string of the molecule is CC/C=C\C/C=C\C/C=C\C/C=C\C/C=C\C/C=C\CCCCCCCCCCC(=O)OCC(COC(=O)CCCCCCC/C=C\C/C=C\CCCCCC)OC(=O)CCCCCCCCCCCCCCCCCCCCCCC. The van der Waals surface area contributed by atoms with Crippen molar-refractivity contribution in [2.75, 3.05) is 13.2 Å². The van der Waals surface area contributed by atoms with Gasteiger partial charge in [0.15, 0.2) is 6.10 Å². The fourth-order valence-corrected chi connectivity index (χ4v) is 10.1. The molecule has 1 unspecified atom stereocenters. The Labute approximate surface area is 508 Å². The van der Waals surface area contributed by atoms with E-state index >= 15 is 0 Å². The molecule has 0 N–H and O–H groups in total. The molecule has 0 saturated heterocycles. The molecule has 6 heteroatoms. The minimum absolute atomic E-state index is 0.0838. The normalized spacial score (nSPS) is 12.7. The first kappa shape index (κ1) is 78.3. The number of ether oxygens (including phenoxy) is 3. The Balaban J connectivity index is 4.36. The van der Waals surface area contributed by atoms with Crippen LogP contribution < -0.4 is 0 Å². The molecule has 0 amide bonds. The third kappa shape index (κ3) is 67.1. The lowest BCUT2D eigenvalue weighted by Gasteiger charge is -2.18. The summed E-state index contributed by atoms with van der Waals surface area (Å²) in [6, 6.07) is 0. The van der Waals surface area contributed by atoms with E-state index in [1.807, 2.05) is 0 Å². The molecule has 0 bridgehead atoms. The van der Waals surface area contributed by atoms with E-state index in [-0.39, 0.29) is 31.1 Å². The molecule has 0 rings (SSSR count). The summed E-state index contributed by atoms with van der Waals surface area (Å²) in [5.41, 5.74) is 0. The molecule has 0 fully saturated rings. The van der Waals surface area contributed by atoms with E-state index < -0.39 is 6.10 Å². The van der Waals surface area contributed by atoms with Crippen molar-refractivity contribution in [1.82, 2.24) is 0 Å². The molecule has 0 aliphatic carbocycles. The van der Waals surface area contributed by atoms with E-state index in [1.54, 1.807) is 0 Å². The van der Waals surface area contributed by atoms with Gasteiger partial charge in [0, 0.05) is 19.3 Å². The largest absolute Gasteiger partial charge is 0.462 e. The van der Waals surface area contributed by atoms with Crippen LogP contribution in [0.15, 0.2) is 97.2 Å². The summed E-state index contributed by atoms with van der Waals surface area (Å²) in [6.45, 7) is 6.54. The molecule has 82 heavy (non-hydrogen) atoms. The van der Waals surface area contributed by atoms with Gasteiger partial charge in [-0.25, -0.2) is 0 Å². The monoisotopic (exact) mass is 1140 g/mol. The van der Waals surface area contributed by atoms with Crippen LogP contribution >= 0.6 is 0 Å². The highest BCUT2D eigenvalue weighted by Gasteiger charge is 2.19. The van der Waals surface area contributed by atoms with Crippen molar-refractivity contribution >= 4 is 17.9 Å². The van der Waals surface area contributed by atoms with Crippen LogP contribution in [-0.4, -0.2) is 37.2 Å². The molecule has 0 spiro atoms. The Morgan fingerprint density at radius 2 is 0.476 bits per heavy atom. The molecule has 0 heterocycles. The minimum Gasteiger partial charge on any atom is -0.462 e. The second-order valence-corrected chi connectivity index (χ2v) is 23.4. The zero-order valence-electron chi connectivity index (χ0n) is 54.2. The van der Waals surface area contributed by atoms with Crippen molar-refractivity contribution in [2.45, 2.75) is 354 Å². The lowest BCUT2D eigenvalue weighted by molar-refractivity contribution is -0.167. The van der Waals surface area contributed by atoms with Gasteiger partial charge in [-0.2, -0.15) is 0 Å². The highest BCUT2D eigenvalue weighted by Crippen LogP contribution is 2.17. The van der Waals surface area contributed by atoms with E-state index in [0.29, 0.717) is 19.3 Å². The summed E-state index contributed by atoms with van der Waals surface area (Å²) in [7, 11) is 0. The number of hydrogen-bond donors (Lipinski definition) is 0. The van der Waals surface area contributed by atoms with Crippen molar-refractivity contribution in [3.63, 3.8) is 0 Å². The summed E-state index contributed by atoms with van der Waals surface area (Å²) < 4.78 is 17.0. The number of allylic oxidation sites excluding steroid dienone is 16. The van der Waals surface area contributed by atoms with Gasteiger partial charge in [0.25, 0.3) is 0 Å². The lowest BCUT2D eigenvalue weighted by atomic mass is 10.0. The molecule has 6 nitrogen and oxygen atoms in total. The Morgan fingerprint density at radius 3 is 0.756 bits per heavy atom. The van der Waals surface area contributed by atoms with E-state index in [1.165, 1.54) is 186 Å². The summed E-state index contributed by atoms with van der Waals surface area (Å²) in [6.07, 6.45) is 94.2. The predicted molar refractivity (Wildman–Crippen MR) is 357 cm³/mol. The molecule has 472 valence electrons.